The average molecular weight is 400 g/mol. The van der Waals surface area contributed by atoms with Gasteiger partial charge in [0.2, 0.25) is 0 Å². The largest absolute Gasteiger partial charge is 0.370 e. The fourth-order valence-corrected chi connectivity index (χ4v) is 2.39. The van der Waals surface area contributed by atoms with Crippen molar-refractivity contribution in [1.82, 2.24) is 10.3 Å². The van der Waals surface area contributed by atoms with E-state index in [4.69, 9.17) is 5.73 Å². The maximum Gasteiger partial charge on any atom is 0.188 e. The first-order valence-corrected chi connectivity index (χ1v) is 7.37. The van der Waals surface area contributed by atoms with Gasteiger partial charge in [0.05, 0.1) is 0 Å². The van der Waals surface area contributed by atoms with Crippen LogP contribution in [0.4, 0.5) is 0 Å². The molecule has 0 unspecified atom stereocenters. The summed E-state index contributed by atoms with van der Waals surface area (Å²) in [6.07, 6.45) is 5.11. The Labute approximate surface area is 143 Å². The van der Waals surface area contributed by atoms with Crippen molar-refractivity contribution in [3.05, 3.63) is 35.5 Å². The molecular formula is C16H25IN4. The van der Waals surface area contributed by atoms with Gasteiger partial charge in [0.1, 0.15) is 0 Å². The number of hydrogen-bond acceptors (Lipinski definition) is 1. The van der Waals surface area contributed by atoms with Gasteiger partial charge in [0, 0.05) is 30.2 Å². The topological polar surface area (TPSA) is 66.2 Å². The molecule has 0 amide bonds. The van der Waals surface area contributed by atoms with Crippen molar-refractivity contribution in [2.24, 2.45) is 10.7 Å². The summed E-state index contributed by atoms with van der Waals surface area (Å²) in [7, 11) is 0. The van der Waals surface area contributed by atoms with E-state index in [-0.39, 0.29) is 24.0 Å². The number of aromatic nitrogens is 1. The summed E-state index contributed by atoms with van der Waals surface area (Å²) in [6, 6.07) is 6.48. The number of aliphatic imine (C=N–C) groups is 1. The van der Waals surface area contributed by atoms with E-state index in [1.54, 1.807) is 0 Å². The number of benzene rings is 1. The number of aromatic amines is 1. The Bertz CT molecular complexity index is 589. The van der Waals surface area contributed by atoms with Crippen molar-refractivity contribution < 1.29 is 0 Å². The Morgan fingerprint density at radius 1 is 1.29 bits per heavy atom. The molecule has 5 heteroatoms. The van der Waals surface area contributed by atoms with E-state index < -0.39 is 0 Å². The van der Waals surface area contributed by atoms with Crippen LogP contribution in [0.5, 0.6) is 0 Å². The third-order valence-corrected chi connectivity index (χ3v) is 3.47. The highest BCUT2D eigenvalue weighted by atomic mass is 127. The molecule has 0 saturated heterocycles. The van der Waals surface area contributed by atoms with Crippen LogP contribution in [0.25, 0.3) is 10.9 Å². The average Bonchev–Trinajstić information content (AvgIpc) is 2.88. The lowest BCUT2D eigenvalue weighted by Crippen LogP contribution is -2.33. The van der Waals surface area contributed by atoms with Crippen LogP contribution in [0.1, 0.15) is 31.4 Å². The molecule has 0 atom stereocenters. The molecule has 1 aromatic carbocycles. The van der Waals surface area contributed by atoms with Gasteiger partial charge in [-0.2, -0.15) is 0 Å². The molecule has 0 aliphatic heterocycles. The minimum Gasteiger partial charge on any atom is -0.370 e. The number of hydrogen-bond donors (Lipinski definition) is 3. The first-order valence-electron chi connectivity index (χ1n) is 7.37. The fraction of sp³-hybridized carbons (Fsp3) is 0.438. The normalized spacial score (nSPS) is 11.4. The molecule has 4 N–H and O–H groups in total. The Kier molecular flexibility index (Phi) is 7.56. The second kappa shape index (κ2) is 8.92. The van der Waals surface area contributed by atoms with Crippen LogP contribution < -0.4 is 11.1 Å². The number of guanidine groups is 1. The van der Waals surface area contributed by atoms with Crippen LogP contribution >= 0.6 is 24.0 Å². The summed E-state index contributed by atoms with van der Waals surface area (Å²) in [5.41, 5.74) is 9.74. The molecular weight excluding hydrogens is 375 g/mol. The highest BCUT2D eigenvalue weighted by molar-refractivity contribution is 14.0. The summed E-state index contributed by atoms with van der Waals surface area (Å²) in [4.78, 5) is 7.62. The Morgan fingerprint density at radius 2 is 2.10 bits per heavy atom. The zero-order valence-electron chi connectivity index (χ0n) is 12.8. The van der Waals surface area contributed by atoms with Gasteiger partial charge in [-0.15, -0.1) is 24.0 Å². The molecule has 0 fully saturated rings. The minimum absolute atomic E-state index is 0. The minimum atomic E-state index is 0. The highest BCUT2D eigenvalue weighted by Crippen LogP contribution is 2.22. The van der Waals surface area contributed by atoms with Gasteiger partial charge in [-0.25, -0.2) is 0 Å². The Morgan fingerprint density at radius 3 is 2.81 bits per heavy atom. The molecule has 1 heterocycles. The predicted octanol–water partition coefficient (Wildman–Crippen LogP) is 3.21. The summed E-state index contributed by atoms with van der Waals surface area (Å²) in [5.74, 6) is 0.543. The van der Waals surface area contributed by atoms with E-state index in [0.717, 1.165) is 32.4 Å². The first kappa shape index (κ1) is 17.8. The number of halogens is 1. The third-order valence-electron chi connectivity index (χ3n) is 3.47. The molecule has 21 heavy (non-hydrogen) atoms. The van der Waals surface area contributed by atoms with Crippen molar-refractivity contribution >= 4 is 40.8 Å². The van der Waals surface area contributed by atoms with Crippen LogP contribution in [0, 0.1) is 0 Å². The molecule has 2 aromatic rings. The van der Waals surface area contributed by atoms with E-state index in [1.165, 1.54) is 22.0 Å². The Balaban J connectivity index is 0.00000220. The lowest BCUT2D eigenvalue weighted by atomic mass is 10.1. The highest BCUT2D eigenvalue weighted by Gasteiger charge is 2.06. The van der Waals surface area contributed by atoms with E-state index in [2.05, 4.69) is 53.5 Å². The third kappa shape index (κ3) is 4.62. The number of nitrogens with two attached hydrogens (primary N) is 1. The van der Waals surface area contributed by atoms with Gasteiger partial charge in [-0.3, -0.25) is 4.99 Å². The van der Waals surface area contributed by atoms with Crippen LogP contribution in [0.2, 0.25) is 0 Å². The molecule has 0 aliphatic carbocycles. The zero-order valence-corrected chi connectivity index (χ0v) is 15.1. The number of H-pyrrole nitrogens is 1. The number of aryl methyl sites for hydroxylation is 1. The summed E-state index contributed by atoms with van der Waals surface area (Å²) in [5, 5.41) is 4.48. The second-order valence-corrected chi connectivity index (χ2v) is 4.95. The van der Waals surface area contributed by atoms with Gasteiger partial charge in [0.25, 0.3) is 0 Å². The van der Waals surface area contributed by atoms with Crippen LogP contribution in [-0.4, -0.2) is 24.0 Å². The van der Waals surface area contributed by atoms with Gasteiger partial charge in [0.15, 0.2) is 5.96 Å². The number of fused-ring (bicyclic) bond motifs is 1. The lowest BCUT2D eigenvalue weighted by molar-refractivity contribution is 0.842. The lowest BCUT2D eigenvalue weighted by Gasteiger charge is -2.05. The molecule has 0 aliphatic rings. The molecule has 0 radical (unpaired) electrons. The van der Waals surface area contributed by atoms with E-state index in [0.29, 0.717) is 5.96 Å². The van der Waals surface area contributed by atoms with Crippen LogP contribution in [-0.2, 0) is 12.8 Å². The molecule has 0 saturated carbocycles. The summed E-state index contributed by atoms with van der Waals surface area (Å²) >= 11 is 0. The van der Waals surface area contributed by atoms with Crippen molar-refractivity contribution in [2.45, 2.75) is 33.1 Å². The van der Waals surface area contributed by atoms with Gasteiger partial charge >= 0.3 is 0 Å². The van der Waals surface area contributed by atoms with Crippen LogP contribution in [0.3, 0.4) is 0 Å². The Hall–Kier alpha value is -1.24. The smallest absolute Gasteiger partial charge is 0.188 e. The molecule has 116 valence electrons. The van der Waals surface area contributed by atoms with E-state index >= 15 is 0 Å². The monoisotopic (exact) mass is 400 g/mol. The molecule has 0 bridgehead atoms. The molecule has 0 spiro atoms. The SMILES string of the molecule is CCCN=C(N)NCCc1c[nH]c2c(CC)cccc12.I. The maximum atomic E-state index is 5.79. The fourth-order valence-electron chi connectivity index (χ4n) is 2.39. The number of nitrogens with zero attached hydrogens (tertiary/aromatic N) is 1. The summed E-state index contributed by atoms with van der Waals surface area (Å²) < 4.78 is 0. The van der Waals surface area contributed by atoms with Crippen molar-refractivity contribution in [2.75, 3.05) is 13.1 Å². The van der Waals surface area contributed by atoms with Crippen molar-refractivity contribution in [1.29, 1.82) is 0 Å². The zero-order chi connectivity index (χ0) is 14.4. The first-order chi connectivity index (χ1) is 9.76. The summed E-state index contributed by atoms with van der Waals surface area (Å²) in [6.45, 7) is 5.86. The molecule has 2 rings (SSSR count). The quantitative estimate of drug-likeness (QED) is 0.396. The maximum absolute atomic E-state index is 5.79. The number of para-hydroxylation sites is 1. The second-order valence-electron chi connectivity index (χ2n) is 4.95. The van der Waals surface area contributed by atoms with Crippen molar-refractivity contribution in [3.8, 4) is 0 Å². The van der Waals surface area contributed by atoms with Gasteiger partial charge < -0.3 is 16.0 Å². The molecule has 4 nitrogen and oxygen atoms in total. The number of nitrogens with one attached hydrogen (secondary N) is 2. The van der Waals surface area contributed by atoms with Gasteiger partial charge in [-0.1, -0.05) is 32.0 Å². The van der Waals surface area contributed by atoms with Gasteiger partial charge in [-0.05, 0) is 30.4 Å². The van der Waals surface area contributed by atoms with E-state index in [9.17, 15) is 0 Å². The van der Waals surface area contributed by atoms with Crippen LogP contribution in [0.15, 0.2) is 29.4 Å². The molecule has 1 aromatic heterocycles. The predicted molar refractivity (Wildman–Crippen MR) is 102 cm³/mol. The number of rotatable bonds is 6. The standard InChI is InChI=1S/C16H24N4.HI/c1-3-9-18-16(17)19-10-8-13-11-20-15-12(4-2)6-5-7-14(13)15;/h5-7,11,20H,3-4,8-10H2,1-2H3,(H3,17,18,19);1H. The van der Waals surface area contributed by atoms with E-state index in [1.807, 2.05) is 0 Å². The van der Waals surface area contributed by atoms with Crippen molar-refractivity contribution in [3.63, 3.8) is 0 Å².